The van der Waals surface area contributed by atoms with Crippen molar-refractivity contribution in [3.63, 3.8) is 0 Å². The van der Waals surface area contributed by atoms with Crippen molar-refractivity contribution in [2.45, 2.75) is 38.1 Å². The number of nitrogens with zero attached hydrogens (tertiary/aromatic N) is 1. The van der Waals surface area contributed by atoms with Gasteiger partial charge in [-0.15, -0.1) is 0 Å². The van der Waals surface area contributed by atoms with E-state index in [0.29, 0.717) is 18.5 Å². The predicted octanol–water partition coefficient (Wildman–Crippen LogP) is 2.13. The van der Waals surface area contributed by atoms with E-state index in [1.165, 1.54) is 6.07 Å². The number of hydrogen-bond donors (Lipinski definition) is 1. The first-order valence-corrected chi connectivity index (χ1v) is 6.86. The van der Waals surface area contributed by atoms with Gasteiger partial charge < -0.3 is 10.0 Å². The Morgan fingerprint density at radius 1 is 1.37 bits per heavy atom. The SMILES string of the molecule is O=C(Cc1ccccc1F)N(CCCO)C1CCC1. The summed E-state index contributed by atoms with van der Waals surface area (Å²) in [5.41, 5.74) is 0.445. The first kappa shape index (κ1) is 14.0. The second-order valence-corrected chi connectivity index (χ2v) is 5.02. The van der Waals surface area contributed by atoms with Gasteiger partial charge >= 0.3 is 0 Å². The van der Waals surface area contributed by atoms with Crippen LogP contribution < -0.4 is 0 Å². The highest BCUT2D eigenvalue weighted by molar-refractivity contribution is 5.79. The number of amides is 1. The number of benzene rings is 1. The molecule has 4 heteroatoms. The van der Waals surface area contributed by atoms with Gasteiger partial charge in [0.25, 0.3) is 0 Å². The van der Waals surface area contributed by atoms with E-state index >= 15 is 0 Å². The highest BCUT2D eigenvalue weighted by atomic mass is 19.1. The zero-order valence-electron chi connectivity index (χ0n) is 11.0. The van der Waals surface area contributed by atoms with Crippen LogP contribution in [0.5, 0.6) is 0 Å². The van der Waals surface area contributed by atoms with Crippen LogP contribution in [0.15, 0.2) is 24.3 Å². The molecule has 1 aliphatic carbocycles. The largest absolute Gasteiger partial charge is 0.396 e. The zero-order valence-corrected chi connectivity index (χ0v) is 11.0. The maximum Gasteiger partial charge on any atom is 0.227 e. The van der Waals surface area contributed by atoms with Gasteiger partial charge in [-0.25, -0.2) is 4.39 Å². The third-order valence-electron chi connectivity index (χ3n) is 3.69. The molecule has 0 saturated heterocycles. The summed E-state index contributed by atoms with van der Waals surface area (Å²) in [6.45, 7) is 0.644. The summed E-state index contributed by atoms with van der Waals surface area (Å²) in [6, 6.07) is 6.68. The third-order valence-corrected chi connectivity index (χ3v) is 3.69. The molecular weight excluding hydrogens is 245 g/mol. The van der Waals surface area contributed by atoms with E-state index in [1.54, 1.807) is 18.2 Å². The van der Waals surface area contributed by atoms with Gasteiger partial charge in [-0.1, -0.05) is 18.2 Å². The molecule has 1 N–H and O–H groups in total. The molecule has 1 saturated carbocycles. The number of hydrogen-bond acceptors (Lipinski definition) is 2. The van der Waals surface area contributed by atoms with Crippen LogP contribution in [0.3, 0.4) is 0 Å². The fourth-order valence-electron chi connectivity index (χ4n) is 2.36. The average Bonchev–Trinajstić information content (AvgIpc) is 2.34. The fraction of sp³-hybridized carbons (Fsp3) is 0.533. The second kappa shape index (κ2) is 6.66. The summed E-state index contributed by atoms with van der Waals surface area (Å²) in [5, 5.41) is 8.91. The van der Waals surface area contributed by atoms with E-state index in [1.807, 2.05) is 4.90 Å². The number of rotatable bonds is 6. The van der Waals surface area contributed by atoms with Gasteiger partial charge in [0, 0.05) is 19.2 Å². The molecule has 1 amide bonds. The molecule has 0 heterocycles. The number of carbonyl (C=O) groups excluding carboxylic acids is 1. The Bertz CT molecular complexity index is 432. The van der Waals surface area contributed by atoms with Crippen molar-refractivity contribution in [3.8, 4) is 0 Å². The lowest BCUT2D eigenvalue weighted by molar-refractivity contribution is -0.134. The van der Waals surface area contributed by atoms with Crippen molar-refractivity contribution in [2.24, 2.45) is 0 Å². The Balaban J connectivity index is 2.00. The minimum atomic E-state index is -0.327. The molecule has 2 rings (SSSR count). The van der Waals surface area contributed by atoms with Crippen LogP contribution in [0, 0.1) is 5.82 Å². The van der Waals surface area contributed by atoms with Gasteiger partial charge in [-0.3, -0.25) is 4.79 Å². The summed E-state index contributed by atoms with van der Waals surface area (Å²) in [7, 11) is 0. The Hall–Kier alpha value is -1.42. The maximum atomic E-state index is 13.6. The molecule has 3 nitrogen and oxygen atoms in total. The lowest BCUT2D eigenvalue weighted by Crippen LogP contribution is -2.45. The molecule has 0 aliphatic heterocycles. The Morgan fingerprint density at radius 3 is 2.68 bits per heavy atom. The Morgan fingerprint density at radius 2 is 2.11 bits per heavy atom. The normalized spacial score (nSPS) is 15.1. The minimum Gasteiger partial charge on any atom is -0.396 e. The molecule has 19 heavy (non-hydrogen) atoms. The molecule has 1 fully saturated rings. The molecule has 0 atom stereocenters. The molecule has 0 aromatic heterocycles. The van der Waals surface area contributed by atoms with Crippen molar-refractivity contribution in [2.75, 3.05) is 13.2 Å². The summed E-state index contributed by atoms with van der Waals surface area (Å²) >= 11 is 0. The van der Waals surface area contributed by atoms with Crippen molar-refractivity contribution in [1.82, 2.24) is 4.90 Å². The van der Waals surface area contributed by atoms with Gasteiger partial charge in [-0.2, -0.15) is 0 Å². The van der Waals surface area contributed by atoms with Crippen LogP contribution in [0.2, 0.25) is 0 Å². The summed E-state index contributed by atoms with van der Waals surface area (Å²) < 4.78 is 13.6. The van der Waals surface area contributed by atoms with Crippen molar-refractivity contribution in [1.29, 1.82) is 0 Å². The van der Waals surface area contributed by atoms with E-state index in [2.05, 4.69) is 0 Å². The third kappa shape index (κ3) is 3.53. The van der Waals surface area contributed by atoms with Crippen molar-refractivity contribution in [3.05, 3.63) is 35.6 Å². The highest BCUT2D eigenvalue weighted by Gasteiger charge is 2.28. The van der Waals surface area contributed by atoms with Gasteiger partial charge in [-0.05, 0) is 37.3 Å². The van der Waals surface area contributed by atoms with Gasteiger partial charge in [0.05, 0.1) is 6.42 Å². The number of aliphatic hydroxyl groups excluding tert-OH is 1. The molecular formula is C15H20FNO2. The van der Waals surface area contributed by atoms with Crippen LogP contribution >= 0.6 is 0 Å². The molecule has 104 valence electrons. The fourth-order valence-corrected chi connectivity index (χ4v) is 2.36. The van der Waals surface area contributed by atoms with Crippen molar-refractivity contribution < 1.29 is 14.3 Å². The molecule has 1 aromatic carbocycles. The number of aliphatic hydroxyl groups is 1. The Kier molecular flexibility index (Phi) is 4.91. The van der Waals surface area contributed by atoms with E-state index in [-0.39, 0.29) is 30.8 Å². The lowest BCUT2D eigenvalue weighted by atomic mass is 9.91. The highest BCUT2D eigenvalue weighted by Crippen LogP contribution is 2.25. The van der Waals surface area contributed by atoms with E-state index < -0.39 is 0 Å². The minimum absolute atomic E-state index is 0.0387. The first-order valence-electron chi connectivity index (χ1n) is 6.86. The van der Waals surface area contributed by atoms with E-state index in [0.717, 1.165) is 19.3 Å². The molecule has 0 bridgehead atoms. The number of carbonyl (C=O) groups is 1. The molecule has 0 spiro atoms. The maximum absolute atomic E-state index is 13.6. The van der Waals surface area contributed by atoms with Crippen LogP contribution in [0.25, 0.3) is 0 Å². The molecule has 0 radical (unpaired) electrons. The Labute approximate surface area is 113 Å². The summed E-state index contributed by atoms with van der Waals surface area (Å²) in [5.74, 6) is -0.366. The zero-order chi connectivity index (χ0) is 13.7. The monoisotopic (exact) mass is 265 g/mol. The molecule has 1 aromatic rings. The van der Waals surface area contributed by atoms with Crippen LogP contribution in [0.4, 0.5) is 4.39 Å². The summed E-state index contributed by atoms with van der Waals surface area (Å²) in [6.07, 6.45) is 3.88. The van der Waals surface area contributed by atoms with Crippen molar-refractivity contribution >= 4 is 5.91 Å². The predicted molar refractivity (Wildman–Crippen MR) is 71.2 cm³/mol. The second-order valence-electron chi connectivity index (χ2n) is 5.02. The van der Waals surface area contributed by atoms with E-state index in [4.69, 9.17) is 5.11 Å². The average molecular weight is 265 g/mol. The molecule has 0 unspecified atom stereocenters. The number of halogens is 1. The first-order chi connectivity index (χ1) is 9.22. The van der Waals surface area contributed by atoms with Crippen LogP contribution in [-0.4, -0.2) is 35.1 Å². The summed E-state index contributed by atoms with van der Waals surface area (Å²) in [4.78, 5) is 14.1. The lowest BCUT2D eigenvalue weighted by Gasteiger charge is -2.37. The van der Waals surface area contributed by atoms with Gasteiger partial charge in [0.1, 0.15) is 5.82 Å². The quantitative estimate of drug-likeness (QED) is 0.856. The topological polar surface area (TPSA) is 40.5 Å². The van der Waals surface area contributed by atoms with Gasteiger partial charge in [0.15, 0.2) is 0 Å². The van der Waals surface area contributed by atoms with Gasteiger partial charge in [0.2, 0.25) is 5.91 Å². The smallest absolute Gasteiger partial charge is 0.227 e. The standard InChI is InChI=1S/C15H20FNO2/c16-14-8-2-1-5-12(14)11-15(19)17(9-4-10-18)13-6-3-7-13/h1-2,5,8,13,18H,3-4,6-7,9-11H2. The van der Waals surface area contributed by atoms with Crippen LogP contribution in [0.1, 0.15) is 31.2 Å². The molecule has 1 aliphatic rings. The van der Waals surface area contributed by atoms with Crippen LogP contribution in [-0.2, 0) is 11.2 Å². The van der Waals surface area contributed by atoms with E-state index in [9.17, 15) is 9.18 Å².